The number of H-pyrrole nitrogens is 1. The van der Waals surface area contributed by atoms with E-state index in [4.69, 9.17) is 21.4 Å². The van der Waals surface area contributed by atoms with Gasteiger partial charge in [-0.25, -0.2) is 5.10 Å². The molecule has 0 saturated carbocycles. The molecular formula is C15H14N4O2S. The summed E-state index contributed by atoms with van der Waals surface area (Å²) in [5.41, 5.74) is 0.928. The fourth-order valence-electron chi connectivity index (χ4n) is 1.91. The van der Waals surface area contributed by atoms with Crippen molar-refractivity contribution in [2.24, 2.45) is 5.10 Å². The first-order valence-corrected chi connectivity index (χ1v) is 7.17. The topological polar surface area (TPSA) is 68.3 Å². The Labute approximate surface area is 132 Å². The maximum Gasteiger partial charge on any atom is 0.219 e. The lowest BCUT2D eigenvalue weighted by Crippen LogP contribution is -1.95. The molecule has 0 amide bonds. The van der Waals surface area contributed by atoms with Gasteiger partial charge >= 0.3 is 0 Å². The number of furan rings is 1. The van der Waals surface area contributed by atoms with Crippen LogP contribution in [0.5, 0.6) is 5.75 Å². The summed E-state index contributed by atoms with van der Waals surface area (Å²) in [6.45, 7) is 2.59. The van der Waals surface area contributed by atoms with Gasteiger partial charge in [-0.15, -0.1) is 5.10 Å². The summed E-state index contributed by atoms with van der Waals surface area (Å²) in [6.07, 6.45) is 3.28. The van der Waals surface area contributed by atoms with Crippen LogP contribution in [0.1, 0.15) is 12.5 Å². The van der Waals surface area contributed by atoms with Crippen LogP contribution in [0.25, 0.3) is 11.6 Å². The molecule has 1 aromatic carbocycles. The number of hydrogen-bond donors (Lipinski definition) is 1. The highest BCUT2D eigenvalue weighted by atomic mass is 32.1. The Kier molecular flexibility index (Phi) is 4.15. The van der Waals surface area contributed by atoms with E-state index in [2.05, 4.69) is 15.3 Å². The average Bonchev–Trinajstić information content (AvgIpc) is 3.17. The smallest absolute Gasteiger partial charge is 0.219 e. The Morgan fingerprint density at radius 3 is 2.86 bits per heavy atom. The van der Waals surface area contributed by atoms with Gasteiger partial charge in [-0.3, -0.25) is 0 Å². The lowest BCUT2D eigenvalue weighted by atomic mass is 10.2. The van der Waals surface area contributed by atoms with Gasteiger partial charge in [0.15, 0.2) is 5.76 Å². The molecule has 3 aromatic rings. The van der Waals surface area contributed by atoms with E-state index in [0.717, 1.165) is 11.3 Å². The molecule has 0 saturated heterocycles. The molecule has 0 bridgehead atoms. The number of aromatic nitrogens is 3. The molecule has 112 valence electrons. The SMILES string of the molecule is CCOc1ccc(C=Nn2c(-c3ccco3)n[nH]c2=S)cc1. The summed E-state index contributed by atoms with van der Waals surface area (Å²) in [5.74, 6) is 1.95. The predicted molar refractivity (Wildman–Crippen MR) is 85.7 cm³/mol. The normalized spacial score (nSPS) is 11.1. The van der Waals surface area contributed by atoms with E-state index in [1.807, 2.05) is 31.2 Å². The molecule has 1 N–H and O–H groups in total. The zero-order valence-corrected chi connectivity index (χ0v) is 12.7. The monoisotopic (exact) mass is 314 g/mol. The van der Waals surface area contributed by atoms with Crippen molar-refractivity contribution in [1.29, 1.82) is 0 Å². The molecule has 22 heavy (non-hydrogen) atoms. The molecule has 0 atom stereocenters. The summed E-state index contributed by atoms with van der Waals surface area (Å²) in [7, 11) is 0. The molecule has 0 fully saturated rings. The van der Waals surface area contributed by atoms with Crippen LogP contribution < -0.4 is 4.74 Å². The van der Waals surface area contributed by atoms with Crippen LogP contribution >= 0.6 is 12.2 Å². The zero-order valence-electron chi connectivity index (χ0n) is 11.9. The van der Waals surface area contributed by atoms with Crippen LogP contribution in [0.3, 0.4) is 0 Å². The van der Waals surface area contributed by atoms with Gasteiger partial charge in [0.25, 0.3) is 0 Å². The van der Waals surface area contributed by atoms with E-state index < -0.39 is 0 Å². The third kappa shape index (κ3) is 2.99. The summed E-state index contributed by atoms with van der Waals surface area (Å²) in [4.78, 5) is 0. The molecule has 0 spiro atoms. The molecule has 0 aliphatic heterocycles. The van der Waals surface area contributed by atoms with E-state index >= 15 is 0 Å². The highest BCUT2D eigenvalue weighted by Crippen LogP contribution is 2.17. The second kappa shape index (κ2) is 6.40. The van der Waals surface area contributed by atoms with Crippen LogP contribution in [0, 0.1) is 4.77 Å². The second-order valence-electron chi connectivity index (χ2n) is 4.39. The lowest BCUT2D eigenvalue weighted by molar-refractivity contribution is 0.340. The minimum absolute atomic E-state index is 0.397. The van der Waals surface area contributed by atoms with Crippen LogP contribution in [-0.2, 0) is 0 Å². The summed E-state index contributed by atoms with van der Waals surface area (Å²) in [5, 5.41) is 11.2. The molecule has 0 unspecified atom stereocenters. The van der Waals surface area contributed by atoms with Gasteiger partial charge in [0.05, 0.1) is 19.1 Å². The molecule has 6 nitrogen and oxygen atoms in total. The Balaban J connectivity index is 1.87. The van der Waals surface area contributed by atoms with Crippen LogP contribution in [-0.4, -0.2) is 27.7 Å². The second-order valence-corrected chi connectivity index (χ2v) is 4.77. The number of aromatic amines is 1. The van der Waals surface area contributed by atoms with Gasteiger partial charge in [0.2, 0.25) is 10.6 Å². The number of hydrogen-bond acceptors (Lipinski definition) is 5. The number of ether oxygens (including phenoxy) is 1. The minimum Gasteiger partial charge on any atom is -0.494 e. The predicted octanol–water partition coefficient (Wildman–Crippen LogP) is 3.48. The minimum atomic E-state index is 0.397. The Hall–Kier alpha value is -2.67. The quantitative estimate of drug-likeness (QED) is 0.578. The molecule has 2 heterocycles. The van der Waals surface area contributed by atoms with Gasteiger partial charge in [0.1, 0.15) is 5.75 Å². The van der Waals surface area contributed by atoms with Crippen LogP contribution in [0.15, 0.2) is 52.2 Å². The van der Waals surface area contributed by atoms with Gasteiger partial charge in [-0.2, -0.15) is 9.78 Å². The lowest BCUT2D eigenvalue weighted by Gasteiger charge is -2.02. The van der Waals surface area contributed by atoms with Crippen molar-refractivity contribution in [3.8, 4) is 17.3 Å². The van der Waals surface area contributed by atoms with Crippen molar-refractivity contribution in [3.05, 3.63) is 53.0 Å². The third-order valence-corrected chi connectivity index (χ3v) is 3.17. The van der Waals surface area contributed by atoms with Crippen LogP contribution in [0.4, 0.5) is 0 Å². The highest BCUT2D eigenvalue weighted by Gasteiger charge is 2.10. The van der Waals surface area contributed by atoms with Gasteiger partial charge in [-0.1, -0.05) is 0 Å². The molecule has 7 heteroatoms. The highest BCUT2D eigenvalue weighted by molar-refractivity contribution is 7.71. The van der Waals surface area contributed by atoms with E-state index in [1.54, 1.807) is 24.6 Å². The van der Waals surface area contributed by atoms with E-state index in [9.17, 15) is 0 Å². The Morgan fingerprint density at radius 2 is 2.18 bits per heavy atom. The van der Waals surface area contributed by atoms with E-state index in [-0.39, 0.29) is 0 Å². The fourth-order valence-corrected chi connectivity index (χ4v) is 2.08. The summed E-state index contributed by atoms with van der Waals surface area (Å²) in [6, 6.07) is 11.2. The molecular weight excluding hydrogens is 300 g/mol. The van der Waals surface area contributed by atoms with E-state index in [1.165, 1.54) is 4.68 Å². The first-order valence-electron chi connectivity index (χ1n) is 6.76. The van der Waals surface area contributed by atoms with E-state index in [0.29, 0.717) is 23.0 Å². The Bertz CT molecular complexity index is 816. The van der Waals surface area contributed by atoms with Crippen LogP contribution in [0.2, 0.25) is 0 Å². The third-order valence-electron chi connectivity index (χ3n) is 2.91. The largest absolute Gasteiger partial charge is 0.494 e. The Morgan fingerprint density at radius 1 is 1.36 bits per heavy atom. The number of benzene rings is 1. The number of nitrogens with zero attached hydrogens (tertiary/aromatic N) is 3. The van der Waals surface area contributed by atoms with Gasteiger partial charge in [0, 0.05) is 0 Å². The first kappa shape index (κ1) is 14.3. The van der Waals surface area contributed by atoms with Crippen molar-refractivity contribution in [2.75, 3.05) is 6.61 Å². The molecule has 0 radical (unpaired) electrons. The zero-order chi connectivity index (χ0) is 15.4. The number of nitrogens with one attached hydrogen (secondary N) is 1. The molecule has 3 rings (SSSR count). The molecule has 0 aliphatic carbocycles. The van der Waals surface area contributed by atoms with Gasteiger partial charge in [-0.05, 0) is 61.1 Å². The van der Waals surface area contributed by atoms with Crippen molar-refractivity contribution in [1.82, 2.24) is 14.9 Å². The van der Waals surface area contributed by atoms with Gasteiger partial charge < -0.3 is 9.15 Å². The maximum atomic E-state index is 5.40. The fraction of sp³-hybridized carbons (Fsp3) is 0.133. The summed E-state index contributed by atoms with van der Waals surface area (Å²) < 4.78 is 12.6. The van der Waals surface area contributed by atoms with Crippen molar-refractivity contribution in [2.45, 2.75) is 6.92 Å². The summed E-state index contributed by atoms with van der Waals surface area (Å²) >= 11 is 5.19. The first-order chi connectivity index (χ1) is 10.8. The van der Waals surface area contributed by atoms with Crippen molar-refractivity contribution < 1.29 is 9.15 Å². The average molecular weight is 314 g/mol. The van der Waals surface area contributed by atoms with Crippen molar-refractivity contribution in [3.63, 3.8) is 0 Å². The number of rotatable bonds is 5. The standard InChI is InChI=1S/C15H14N4O2S/c1-2-20-12-7-5-11(6-8-12)10-16-19-14(17-18-15(19)22)13-4-3-9-21-13/h3-10H,2H2,1H3,(H,18,22). The molecule has 0 aliphatic rings. The van der Waals surface area contributed by atoms with Crippen molar-refractivity contribution >= 4 is 18.4 Å². The molecule has 2 aromatic heterocycles. The maximum absolute atomic E-state index is 5.40.